The lowest BCUT2D eigenvalue weighted by Crippen LogP contribution is -2.29. The molecule has 86 valence electrons. The maximum absolute atomic E-state index is 11.6. The molecule has 2 rings (SSSR count). The van der Waals surface area contributed by atoms with Gasteiger partial charge in [-0.25, -0.2) is 0 Å². The van der Waals surface area contributed by atoms with Gasteiger partial charge < -0.3 is 10.0 Å². The predicted molar refractivity (Wildman–Crippen MR) is 58.4 cm³/mol. The SMILES string of the molecule is O=C(Nc1nn[nH]n1)c1ccc(B(O)O)cc1. The predicted octanol–water partition coefficient (Wildman–Crippen LogP) is -1.87. The highest BCUT2D eigenvalue weighted by molar-refractivity contribution is 6.58. The van der Waals surface area contributed by atoms with Gasteiger partial charge >= 0.3 is 7.12 Å². The van der Waals surface area contributed by atoms with Crippen molar-refractivity contribution in [2.75, 3.05) is 5.32 Å². The van der Waals surface area contributed by atoms with Crippen LogP contribution < -0.4 is 10.8 Å². The normalized spacial score (nSPS) is 10.0. The Hall–Kier alpha value is -2.26. The Labute approximate surface area is 95.8 Å². The number of nitrogens with zero attached hydrogens (tertiary/aromatic N) is 3. The first kappa shape index (κ1) is 11.2. The van der Waals surface area contributed by atoms with Crippen molar-refractivity contribution in [2.45, 2.75) is 0 Å². The number of tetrazole rings is 1. The summed E-state index contributed by atoms with van der Waals surface area (Å²) in [6, 6.07) is 5.81. The highest BCUT2D eigenvalue weighted by Gasteiger charge is 2.12. The van der Waals surface area contributed by atoms with Crippen LogP contribution in [0.2, 0.25) is 0 Å². The fourth-order valence-corrected chi connectivity index (χ4v) is 1.20. The average Bonchev–Trinajstić information content (AvgIpc) is 2.82. The van der Waals surface area contributed by atoms with Crippen LogP contribution in [0.3, 0.4) is 0 Å². The van der Waals surface area contributed by atoms with E-state index in [0.29, 0.717) is 11.0 Å². The van der Waals surface area contributed by atoms with Crippen LogP contribution in [0.4, 0.5) is 5.95 Å². The Balaban J connectivity index is 2.09. The Kier molecular flexibility index (Phi) is 3.12. The molecule has 1 aromatic carbocycles. The third kappa shape index (κ3) is 2.65. The van der Waals surface area contributed by atoms with Crippen molar-refractivity contribution in [1.29, 1.82) is 0 Å². The number of anilines is 1. The molecule has 0 aliphatic rings. The number of hydrogen-bond donors (Lipinski definition) is 4. The number of H-pyrrole nitrogens is 1. The molecule has 8 nitrogen and oxygen atoms in total. The molecule has 0 spiro atoms. The monoisotopic (exact) mass is 233 g/mol. The second kappa shape index (κ2) is 4.72. The number of benzene rings is 1. The Morgan fingerprint density at radius 2 is 2.00 bits per heavy atom. The van der Waals surface area contributed by atoms with E-state index < -0.39 is 13.0 Å². The molecule has 9 heteroatoms. The number of aromatic amines is 1. The van der Waals surface area contributed by atoms with Crippen LogP contribution in [-0.4, -0.2) is 43.7 Å². The summed E-state index contributed by atoms with van der Waals surface area (Å²) in [6.45, 7) is 0. The van der Waals surface area contributed by atoms with Crippen molar-refractivity contribution in [3.63, 3.8) is 0 Å². The number of rotatable bonds is 3. The minimum atomic E-state index is -1.55. The smallest absolute Gasteiger partial charge is 0.423 e. The molecular weight excluding hydrogens is 225 g/mol. The van der Waals surface area contributed by atoms with Crippen LogP contribution in [0.25, 0.3) is 0 Å². The second-order valence-electron chi connectivity index (χ2n) is 3.19. The van der Waals surface area contributed by atoms with Crippen molar-refractivity contribution < 1.29 is 14.8 Å². The third-order valence-corrected chi connectivity index (χ3v) is 2.04. The van der Waals surface area contributed by atoms with E-state index in [1.807, 2.05) is 0 Å². The van der Waals surface area contributed by atoms with Crippen LogP contribution in [-0.2, 0) is 0 Å². The van der Waals surface area contributed by atoms with Crippen molar-refractivity contribution in [1.82, 2.24) is 20.6 Å². The van der Waals surface area contributed by atoms with Crippen molar-refractivity contribution in [2.24, 2.45) is 0 Å². The molecule has 0 saturated heterocycles. The first-order valence-corrected chi connectivity index (χ1v) is 4.67. The summed E-state index contributed by atoms with van der Waals surface area (Å²) in [5.41, 5.74) is 0.653. The minimum absolute atomic E-state index is 0.0706. The zero-order chi connectivity index (χ0) is 12.3. The van der Waals surface area contributed by atoms with Crippen LogP contribution in [0.5, 0.6) is 0 Å². The van der Waals surface area contributed by atoms with E-state index in [4.69, 9.17) is 10.0 Å². The molecule has 4 N–H and O–H groups in total. The van der Waals surface area contributed by atoms with Gasteiger partial charge in [-0.05, 0) is 22.8 Å². The fraction of sp³-hybridized carbons (Fsp3) is 0. The van der Waals surface area contributed by atoms with Gasteiger partial charge in [-0.1, -0.05) is 17.2 Å². The molecule has 1 heterocycles. The van der Waals surface area contributed by atoms with Gasteiger partial charge in [0.25, 0.3) is 11.9 Å². The summed E-state index contributed by atoms with van der Waals surface area (Å²) in [5, 5.41) is 32.8. The molecule has 2 aromatic rings. The molecule has 0 radical (unpaired) electrons. The molecule has 0 aliphatic carbocycles. The lowest BCUT2D eigenvalue weighted by Gasteiger charge is -2.02. The summed E-state index contributed by atoms with van der Waals surface area (Å²) in [4.78, 5) is 11.6. The molecule has 0 fully saturated rings. The number of carbonyl (C=O) groups is 1. The Morgan fingerprint density at radius 3 is 2.53 bits per heavy atom. The van der Waals surface area contributed by atoms with E-state index in [-0.39, 0.29) is 5.95 Å². The summed E-state index contributed by atoms with van der Waals surface area (Å²) < 4.78 is 0. The van der Waals surface area contributed by atoms with Crippen molar-refractivity contribution in [3.05, 3.63) is 29.8 Å². The van der Waals surface area contributed by atoms with E-state index in [2.05, 4.69) is 25.9 Å². The van der Waals surface area contributed by atoms with E-state index >= 15 is 0 Å². The fourth-order valence-electron chi connectivity index (χ4n) is 1.20. The number of nitrogens with one attached hydrogen (secondary N) is 2. The van der Waals surface area contributed by atoms with E-state index in [0.717, 1.165) is 0 Å². The maximum atomic E-state index is 11.6. The second-order valence-corrected chi connectivity index (χ2v) is 3.19. The van der Waals surface area contributed by atoms with Gasteiger partial charge in [0.2, 0.25) is 0 Å². The number of hydrogen-bond acceptors (Lipinski definition) is 6. The van der Waals surface area contributed by atoms with Gasteiger partial charge in [-0.3, -0.25) is 10.1 Å². The van der Waals surface area contributed by atoms with Gasteiger partial charge in [0.15, 0.2) is 0 Å². The summed E-state index contributed by atoms with van der Waals surface area (Å²) in [7, 11) is -1.55. The molecule has 0 unspecified atom stereocenters. The van der Waals surface area contributed by atoms with Gasteiger partial charge in [0.05, 0.1) is 0 Å². The molecule has 0 bridgehead atoms. The van der Waals surface area contributed by atoms with Gasteiger partial charge in [0.1, 0.15) is 0 Å². The van der Waals surface area contributed by atoms with Gasteiger partial charge in [-0.15, -0.1) is 5.10 Å². The average molecular weight is 233 g/mol. The molecule has 0 aliphatic heterocycles. The molecule has 17 heavy (non-hydrogen) atoms. The quantitative estimate of drug-likeness (QED) is 0.460. The molecule has 0 saturated carbocycles. The number of aromatic nitrogens is 4. The summed E-state index contributed by atoms with van der Waals surface area (Å²) in [6.07, 6.45) is 0. The van der Waals surface area contributed by atoms with Crippen LogP contribution in [0.1, 0.15) is 10.4 Å². The first-order valence-electron chi connectivity index (χ1n) is 4.67. The standard InChI is InChI=1S/C8H8BN5O3/c15-7(10-8-11-13-14-12-8)5-1-3-6(4-2-5)9(16)17/h1-4,16-17H,(H2,10,11,12,13,14,15). The van der Waals surface area contributed by atoms with E-state index in [1.165, 1.54) is 24.3 Å². The number of amides is 1. The Bertz CT molecular complexity index is 498. The zero-order valence-electron chi connectivity index (χ0n) is 8.53. The lowest BCUT2D eigenvalue weighted by molar-refractivity contribution is 0.102. The van der Waals surface area contributed by atoms with E-state index in [9.17, 15) is 4.79 Å². The molecule has 1 amide bonds. The van der Waals surface area contributed by atoms with Crippen LogP contribution >= 0.6 is 0 Å². The third-order valence-electron chi connectivity index (χ3n) is 2.04. The number of carbonyl (C=O) groups excluding carboxylic acids is 1. The van der Waals surface area contributed by atoms with Crippen molar-refractivity contribution >= 4 is 24.4 Å². The largest absolute Gasteiger partial charge is 0.488 e. The van der Waals surface area contributed by atoms with E-state index in [1.54, 1.807) is 0 Å². The minimum Gasteiger partial charge on any atom is -0.423 e. The lowest BCUT2D eigenvalue weighted by atomic mass is 9.80. The Morgan fingerprint density at radius 1 is 1.29 bits per heavy atom. The molecular formula is C8H8BN5O3. The van der Waals surface area contributed by atoms with Crippen LogP contribution in [0, 0.1) is 0 Å². The highest BCUT2D eigenvalue weighted by atomic mass is 16.4. The molecule has 1 aromatic heterocycles. The van der Waals surface area contributed by atoms with Crippen molar-refractivity contribution in [3.8, 4) is 0 Å². The zero-order valence-corrected chi connectivity index (χ0v) is 8.53. The first-order chi connectivity index (χ1) is 8.16. The van der Waals surface area contributed by atoms with Crippen LogP contribution in [0.15, 0.2) is 24.3 Å². The summed E-state index contributed by atoms with van der Waals surface area (Å²) >= 11 is 0. The summed E-state index contributed by atoms with van der Waals surface area (Å²) in [5.74, 6) is -0.341. The maximum Gasteiger partial charge on any atom is 0.488 e. The topological polar surface area (TPSA) is 124 Å². The van der Waals surface area contributed by atoms with Gasteiger partial charge in [0, 0.05) is 5.56 Å². The highest BCUT2D eigenvalue weighted by Crippen LogP contribution is 2.01. The molecule has 0 atom stereocenters. The van der Waals surface area contributed by atoms with Gasteiger partial charge in [-0.2, -0.15) is 5.21 Å².